The van der Waals surface area contributed by atoms with Crippen LogP contribution in [0.4, 0.5) is 11.4 Å². The monoisotopic (exact) mass is 262 g/mol. The molecule has 0 fully saturated rings. The van der Waals surface area contributed by atoms with E-state index in [2.05, 4.69) is 10.2 Å². The first-order valence-corrected chi connectivity index (χ1v) is 4.23. The van der Waals surface area contributed by atoms with E-state index in [0.29, 0.717) is 0 Å². The maximum Gasteiger partial charge on any atom is 0.318 e. The Kier molecular flexibility index (Phi) is 3.72. The van der Waals surface area contributed by atoms with Gasteiger partial charge in [0.25, 0.3) is 5.69 Å². The minimum Gasteiger partial charge on any atom is -0.258 e. The number of halogens is 1. The van der Waals surface area contributed by atoms with E-state index in [1.807, 2.05) is 0 Å². The van der Waals surface area contributed by atoms with Gasteiger partial charge in [-0.15, -0.1) is 15.0 Å². The molecule has 90 valence electrons. The first-order chi connectivity index (χ1) is 7.95. The highest BCUT2D eigenvalue weighted by molar-refractivity contribution is 6.30. The van der Waals surface area contributed by atoms with Gasteiger partial charge in [-0.3, -0.25) is 10.1 Å². The molecular weight excluding hydrogens is 260 g/mol. The SMILES string of the molecule is O=NN(O[N+](=O)[O-])c1ccc(Cl)cc1[N+](=O)[O-]. The molecule has 0 aliphatic carbocycles. The summed E-state index contributed by atoms with van der Waals surface area (Å²) < 4.78 is 0. The Labute approximate surface area is 97.5 Å². The lowest BCUT2D eigenvalue weighted by molar-refractivity contribution is -0.761. The molecule has 0 saturated heterocycles. The van der Waals surface area contributed by atoms with Gasteiger partial charge in [0.15, 0.2) is 5.69 Å². The lowest BCUT2D eigenvalue weighted by atomic mass is 10.3. The highest BCUT2D eigenvalue weighted by Gasteiger charge is 2.23. The van der Waals surface area contributed by atoms with Crippen LogP contribution in [0.2, 0.25) is 5.02 Å². The predicted octanol–water partition coefficient (Wildman–Crippen LogP) is 1.86. The molecule has 0 aromatic heterocycles. The van der Waals surface area contributed by atoms with Gasteiger partial charge in [0.2, 0.25) is 0 Å². The predicted molar refractivity (Wildman–Crippen MR) is 54.5 cm³/mol. The summed E-state index contributed by atoms with van der Waals surface area (Å²) in [4.78, 5) is 33.8. The van der Waals surface area contributed by atoms with Crippen molar-refractivity contribution in [3.05, 3.63) is 48.4 Å². The summed E-state index contributed by atoms with van der Waals surface area (Å²) in [5, 5.41) is 21.4. The normalized spacial score (nSPS) is 9.47. The number of nitro groups is 1. The summed E-state index contributed by atoms with van der Waals surface area (Å²) in [7, 11) is 0. The van der Waals surface area contributed by atoms with E-state index in [0.717, 1.165) is 12.1 Å². The van der Waals surface area contributed by atoms with Crippen molar-refractivity contribution in [2.75, 3.05) is 5.17 Å². The quantitative estimate of drug-likeness (QED) is 0.450. The van der Waals surface area contributed by atoms with E-state index in [9.17, 15) is 25.1 Å². The molecule has 1 aromatic carbocycles. The minimum atomic E-state index is -1.33. The van der Waals surface area contributed by atoms with E-state index in [4.69, 9.17) is 11.6 Å². The van der Waals surface area contributed by atoms with E-state index in [1.54, 1.807) is 0 Å². The second-order valence-electron chi connectivity index (χ2n) is 2.55. The second kappa shape index (κ2) is 5.03. The molecule has 17 heavy (non-hydrogen) atoms. The summed E-state index contributed by atoms with van der Waals surface area (Å²) in [6.07, 6.45) is 0. The zero-order chi connectivity index (χ0) is 13.0. The van der Waals surface area contributed by atoms with Gasteiger partial charge < -0.3 is 0 Å². The summed E-state index contributed by atoms with van der Waals surface area (Å²) in [5.74, 6) is 0. The summed E-state index contributed by atoms with van der Waals surface area (Å²) in [6.45, 7) is 0. The third-order valence-corrected chi connectivity index (χ3v) is 1.79. The Morgan fingerprint density at radius 3 is 2.47 bits per heavy atom. The van der Waals surface area contributed by atoms with Gasteiger partial charge in [0, 0.05) is 11.1 Å². The van der Waals surface area contributed by atoms with E-state index in [1.165, 1.54) is 6.07 Å². The molecule has 0 aliphatic rings. The van der Waals surface area contributed by atoms with Crippen LogP contribution in [0.15, 0.2) is 23.5 Å². The average Bonchev–Trinajstić information content (AvgIpc) is 2.25. The van der Waals surface area contributed by atoms with Crippen molar-refractivity contribution in [1.29, 1.82) is 0 Å². The zero-order valence-corrected chi connectivity index (χ0v) is 8.60. The topological polar surface area (TPSA) is 128 Å². The van der Waals surface area contributed by atoms with Crippen LogP contribution in [-0.4, -0.2) is 10.0 Å². The van der Waals surface area contributed by atoms with Crippen LogP contribution in [0.5, 0.6) is 0 Å². The number of rotatable bonds is 5. The number of nitro benzene ring substituents is 1. The lowest BCUT2D eigenvalue weighted by Gasteiger charge is -2.10. The number of hydrogen-bond acceptors (Lipinski definition) is 7. The van der Waals surface area contributed by atoms with E-state index < -0.39 is 21.4 Å². The van der Waals surface area contributed by atoms with Crippen molar-refractivity contribution in [3.8, 4) is 0 Å². The van der Waals surface area contributed by atoms with Crippen molar-refractivity contribution < 1.29 is 14.9 Å². The highest BCUT2D eigenvalue weighted by Crippen LogP contribution is 2.31. The van der Waals surface area contributed by atoms with Crippen LogP contribution < -0.4 is 5.17 Å². The van der Waals surface area contributed by atoms with Gasteiger partial charge in [-0.2, -0.15) is 4.94 Å². The molecule has 0 heterocycles. The van der Waals surface area contributed by atoms with Crippen molar-refractivity contribution in [3.63, 3.8) is 0 Å². The zero-order valence-electron chi connectivity index (χ0n) is 7.85. The van der Waals surface area contributed by atoms with Crippen LogP contribution in [0.25, 0.3) is 0 Å². The first-order valence-electron chi connectivity index (χ1n) is 3.85. The summed E-state index contributed by atoms with van der Waals surface area (Å²) in [5.41, 5.74) is -1.16. The van der Waals surface area contributed by atoms with Crippen LogP contribution in [0, 0.1) is 25.1 Å². The first kappa shape index (κ1) is 12.6. The fourth-order valence-electron chi connectivity index (χ4n) is 0.971. The largest absolute Gasteiger partial charge is 0.318 e. The van der Waals surface area contributed by atoms with Gasteiger partial charge in [-0.1, -0.05) is 16.8 Å². The van der Waals surface area contributed by atoms with Gasteiger partial charge in [0.05, 0.1) is 10.2 Å². The summed E-state index contributed by atoms with van der Waals surface area (Å²) >= 11 is 5.51. The highest BCUT2D eigenvalue weighted by atomic mass is 35.5. The summed E-state index contributed by atoms with van der Waals surface area (Å²) in [6, 6.07) is 3.08. The van der Waals surface area contributed by atoms with Crippen molar-refractivity contribution in [1.82, 2.24) is 0 Å². The van der Waals surface area contributed by atoms with E-state index >= 15 is 0 Å². The van der Waals surface area contributed by atoms with Crippen molar-refractivity contribution >= 4 is 23.0 Å². The maximum absolute atomic E-state index is 10.6. The molecule has 0 unspecified atom stereocenters. The average molecular weight is 263 g/mol. The fraction of sp³-hybridized carbons (Fsp3) is 0. The molecule has 0 atom stereocenters. The molecule has 11 heteroatoms. The Balaban J connectivity index is 3.22. The van der Waals surface area contributed by atoms with Crippen molar-refractivity contribution in [2.45, 2.75) is 0 Å². The molecule has 10 nitrogen and oxygen atoms in total. The second-order valence-corrected chi connectivity index (χ2v) is 2.99. The Morgan fingerprint density at radius 1 is 1.35 bits per heavy atom. The third-order valence-electron chi connectivity index (χ3n) is 1.56. The number of anilines is 1. The number of nitroso groups, excluding NO2 is 1. The maximum atomic E-state index is 10.6. The smallest absolute Gasteiger partial charge is 0.258 e. The van der Waals surface area contributed by atoms with Crippen LogP contribution in [0.3, 0.4) is 0 Å². The molecule has 0 N–H and O–H groups in total. The van der Waals surface area contributed by atoms with Gasteiger partial charge >= 0.3 is 5.09 Å². The molecule has 1 rings (SSSR count). The Bertz CT molecular complexity index is 480. The Hall–Kier alpha value is -2.49. The molecule has 0 spiro atoms. The van der Waals surface area contributed by atoms with Crippen LogP contribution in [0.1, 0.15) is 0 Å². The van der Waals surface area contributed by atoms with Gasteiger partial charge in [-0.05, 0) is 12.1 Å². The Morgan fingerprint density at radius 2 is 2.00 bits per heavy atom. The molecule has 0 aliphatic heterocycles. The molecule has 1 aromatic rings. The molecule has 0 amide bonds. The number of hydrogen-bond donors (Lipinski definition) is 0. The third kappa shape index (κ3) is 2.98. The van der Waals surface area contributed by atoms with Crippen LogP contribution >= 0.6 is 11.6 Å². The van der Waals surface area contributed by atoms with E-state index in [-0.39, 0.29) is 10.2 Å². The molecule has 0 radical (unpaired) electrons. The standard InChI is InChI=1S/C6H3ClN4O6/c7-4-1-2-5(6(3-4)10(13)14)9(8-12)17-11(15)16/h1-3H. The lowest BCUT2D eigenvalue weighted by Crippen LogP contribution is -2.21. The molecule has 0 bridgehead atoms. The number of nitrogens with zero attached hydrogens (tertiary/aromatic N) is 4. The van der Waals surface area contributed by atoms with Gasteiger partial charge in [-0.25, -0.2) is 0 Å². The van der Waals surface area contributed by atoms with Crippen LogP contribution in [-0.2, 0) is 4.94 Å². The number of benzene rings is 1. The fourth-order valence-corrected chi connectivity index (χ4v) is 1.14. The van der Waals surface area contributed by atoms with Crippen molar-refractivity contribution in [2.24, 2.45) is 5.29 Å². The molecular formula is C6H3ClN4O6. The molecule has 0 saturated carbocycles. The minimum absolute atomic E-state index is 0.0207. The van der Waals surface area contributed by atoms with Gasteiger partial charge in [0.1, 0.15) is 0 Å².